The normalized spacial score (nSPS) is 11.8. The molecule has 0 aliphatic carbocycles. The Morgan fingerprint density at radius 2 is 1.88 bits per heavy atom. The Morgan fingerprint density at radius 1 is 1.15 bits per heavy atom. The first-order valence-electron chi connectivity index (χ1n) is 8.72. The molecule has 0 aliphatic heterocycles. The molecule has 26 heavy (non-hydrogen) atoms. The number of benzene rings is 1. The fourth-order valence-corrected chi connectivity index (χ4v) is 2.53. The van der Waals surface area contributed by atoms with Crippen molar-refractivity contribution in [1.29, 1.82) is 0 Å². The molecule has 1 aromatic heterocycles. The number of carbonyl (C=O) groups is 2. The van der Waals surface area contributed by atoms with E-state index in [-0.39, 0.29) is 17.7 Å². The summed E-state index contributed by atoms with van der Waals surface area (Å²) in [5.41, 5.74) is 1.05. The predicted molar refractivity (Wildman–Crippen MR) is 98.6 cm³/mol. The second-order valence-corrected chi connectivity index (χ2v) is 6.43. The highest BCUT2D eigenvalue weighted by Crippen LogP contribution is 2.13. The summed E-state index contributed by atoms with van der Waals surface area (Å²) in [6.07, 6.45) is 2.48. The fourth-order valence-electron chi connectivity index (χ4n) is 2.53. The lowest BCUT2D eigenvalue weighted by Gasteiger charge is -2.21. The summed E-state index contributed by atoms with van der Waals surface area (Å²) in [5, 5.41) is 5.63. The van der Waals surface area contributed by atoms with E-state index in [0.29, 0.717) is 25.1 Å². The van der Waals surface area contributed by atoms with Crippen molar-refractivity contribution in [2.24, 2.45) is 5.92 Å². The molecule has 1 heterocycles. The standard InChI is InChI=1S/C20H26N2O4/c1-14(2)19(20(24)21-13-17-5-4-12-26-17)22-18(23)11-8-15-6-9-16(25-3)10-7-15/h4-7,9-10,12,14,19H,8,11,13H2,1-3H3,(H,21,24)(H,22,23)/t19-/m1/s1. The minimum absolute atomic E-state index is 0.0171. The van der Waals surface area contributed by atoms with Crippen LogP contribution in [0.4, 0.5) is 0 Å². The molecule has 2 rings (SSSR count). The van der Waals surface area contributed by atoms with Gasteiger partial charge >= 0.3 is 0 Å². The maximum Gasteiger partial charge on any atom is 0.243 e. The summed E-state index contributed by atoms with van der Waals surface area (Å²) in [7, 11) is 1.62. The molecule has 0 aliphatic rings. The Hall–Kier alpha value is -2.76. The molecule has 0 saturated heterocycles. The van der Waals surface area contributed by atoms with Gasteiger partial charge in [0.05, 0.1) is 19.9 Å². The summed E-state index contributed by atoms with van der Waals surface area (Å²) in [6, 6.07) is 10.6. The van der Waals surface area contributed by atoms with Crippen molar-refractivity contribution in [3.8, 4) is 5.75 Å². The summed E-state index contributed by atoms with van der Waals surface area (Å²) in [5.74, 6) is 1.08. The van der Waals surface area contributed by atoms with Gasteiger partial charge in [0.15, 0.2) is 0 Å². The third kappa shape index (κ3) is 5.95. The second-order valence-electron chi connectivity index (χ2n) is 6.43. The van der Waals surface area contributed by atoms with Crippen molar-refractivity contribution in [2.45, 2.75) is 39.3 Å². The first-order chi connectivity index (χ1) is 12.5. The van der Waals surface area contributed by atoms with Crippen LogP contribution in [-0.4, -0.2) is 25.0 Å². The second kappa shape index (κ2) is 9.65. The number of ether oxygens (including phenoxy) is 1. The number of furan rings is 1. The van der Waals surface area contributed by atoms with Crippen LogP contribution in [0.2, 0.25) is 0 Å². The van der Waals surface area contributed by atoms with Gasteiger partial charge in [0, 0.05) is 6.42 Å². The Morgan fingerprint density at radius 3 is 2.46 bits per heavy atom. The number of amides is 2. The van der Waals surface area contributed by atoms with Crippen LogP contribution in [-0.2, 0) is 22.6 Å². The van der Waals surface area contributed by atoms with Gasteiger partial charge in [-0.25, -0.2) is 0 Å². The molecule has 6 heteroatoms. The van der Waals surface area contributed by atoms with E-state index < -0.39 is 6.04 Å². The number of hydrogen-bond acceptors (Lipinski definition) is 4. The highest BCUT2D eigenvalue weighted by molar-refractivity contribution is 5.87. The van der Waals surface area contributed by atoms with E-state index in [1.54, 1.807) is 25.5 Å². The van der Waals surface area contributed by atoms with Crippen molar-refractivity contribution in [3.63, 3.8) is 0 Å². The number of methoxy groups -OCH3 is 1. The largest absolute Gasteiger partial charge is 0.497 e. The van der Waals surface area contributed by atoms with Gasteiger partial charge in [0.1, 0.15) is 17.6 Å². The molecule has 2 amide bonds. The molecule has 0 fully saturated rings. The summed E-state index contributed by atoms with van der Waals surface area (Å²) in [4.78, 5) is 24.6. The zero-order valence-corrected chi connectivity index (χ0v) is 15.5. The molecule has 0 spiro atoms. The van der Waals surface area contributed by atoms with Gasteiger partial charge < -0.3 is 19.8 Å². The van der Waals surface area contributed by atoms with E-state index >= 15 is 0 Å². The minimum atomic E-state index is -0.576. The van der Waals surface area contributed by atoms with E-state index in [4.69, 9.17) is 9.15 Å². The molecule has 0 saturated carbocycles. The van der Waals surface area contributed by atoms with Crippen molar-refractivity contribution >= 4 is 11.8 Å². The third-order valence-corrected chi connectivity index (χ3v) is 4.08. The van der Waals surface area contributed by atoms with Gasteiger partial charge in [-0.3, -0.25) is 9.59 Å². The summed E-state index contributed by atoms with van der Waals surface area (Å²) < 4.78 is 10.3. The quantitative estimate of drug-likeness (QED) is 0.722. The van der Waals surface area contributed by atoms with Crippen molar-refractivity contribution in [3.05, 3.63) is 54.0 Å². The Balaban J connectivity index is 1.83. The lowest BCUT2D eigenvalue weighted by atomic mass is 10.0. The van der Waals surface area contributed by atoms with E-state index in [1.165, 1.54) is 0 Å². The number of rotatable bonds is 9. The first-order valence-corrected chi connectivity index (χ1v) is 8.72. The molecule has 6 nitrogen and oxygen atoms in total. The van der Waals surface area contributed by atoms with Gasteiger partial charge in [0.2, 0.25) is 11.8 Å². The fraction of sp³-hybridized carbons (Fsp3) is 0.400. The van der Waals surface area contributed by atoms with Crippen LogP contribution in [0.25, 0.3) is 0 Å². The topological polar surface area (TPSA) is 80.6 Å². The van der Waals surface area contributed by atoms with Crippen LogP contribution >= 0.6 is 0 Å². The van der Waals surface area contributed by atoms with Crippen LogP contribution in [0.15, 0.2) is 47.1 Å². The highest BCUT2D eigenvalue weighted by atomic mass is 16.5. The summed E-state index contributed by atoms with van der Waals surface area (Å²) >= 11 is 0. The molecule has 0 bridgehead atoms. The van der Waals surface area contributed by atoms with Crippen LogP contribution < -0.4 is 15.4 Å². The number of nitrogens with one attached hydrogen (secondary N) is 2. The molecular formula is C20H26N2O4. The van der Waals surface area contributed by atoms with Crippen LogP contribution in [0.1, 0.15) is 31.6 Å². The van der Waals surface area contributed by atoms with Gasteiger partial charge in [-0.1, -0.05) is 26.0 Å². The van der Waals surface area contributed by atoms with E-state index in [0.717, 1.165) is 11.3 Å². The minimum Gasteiger partial charge on any atom is -0.497 e. The molecule has 1 atom stereocenters. The number of aryl methyl sites for hydroxylation is 1. The van der Waals surface area contributed by atoms with Gasteiger partial charge in [-0.15, -0.1) is 0 Å². The zero-order valence-electron chi connectivity index (χ0n) is 15.5. The van der Waals surface area contributed by atoms with Crippen molar-refractivity contribution in [2.75, 3.05) is 7.11 Å². The Bertz CT molecular complexity index is 693. The molecule has 2 N–H and O–H groups in total. The number of carbonyl (C=O) groups excluding carboxylic acids is 2. The predicted octanol–water partition coefficient (Wildman–Crippen LogP) is 2.68. The summed E-state index contributed by atoms with van der Waals surface area (Å²) in [6.45, 7) is 4.11. The maximum absolute atomic E-state index is 12.4. The van der Waals surface area contributed by atoms with E-state index in [1.807, 2.05) is 38.1 Å². The average molecular weight is 358 g/mol. The third-order valence-electron chi connectivity index (χ3n) is 4.08. The van der Waals surface area contributed by atoms with Crippen molar-refractivity contribution < 1.29 is 18.7 Å². The molecule has 140 valence electrons. The van der Waals surface area contributed by atoms with Gasteiger partial charge in [-0.05, 0) is 42.2 Å². The van der Waals surface area contributed by atoms with Crippen molar-refractivity contribution in [1.82, 2.24) is 10.6 Å². The molecule has 0 unspecified atom stereocenters. The van der Waals surface area contributed by atoms with Crippen LogP contribution in [0.5, 0.6) is 5.75 Å². The highest BCUT2D eigenvalue weighted by Gasteiger charge is 2.23. The average Bonchev–Trinajstić information content (AvgIpc) is 3.16. The van der Waals surface area contributed by atoms with Crippen LogP contribution in [0.3, 0.4) is 0 Å². The molecule has 2 aromatic rings. The maximum atomic E-state index is 12.4. The van der Waals surface area contributed by atoms with Gasteiger partial charge in [-0.2, -0.15) is 0 Å². The van der Waals surface area contributed by atoms with E-state index in [9.17, 15) is 9.59 Å². The Kier molecular flexibility index (Phi) is 7.26. The first kappa shape index (κ1) is 19.6. The van der Waals surface area contributed by atoms with E-state index in [2.05, 4.69) is 10.6 Å². The lowest BCUT2D eigenvalue weighted by Crippen LogP contribution is -2.49. The SMILES string of the molecule is COc1ccc(CCC(=O)N[C@@H](C(=O)NCc2ccco2)C(C)C)cc1. The lowest BCUT2D eigenvalue weighted by molar-refractivity contribution is -0.130. The van der Waals surface area contributed by atoms with Gasteiger partial charge in [0.25, 0.3) is 0 Å². The molecular weight excluding hydrogens is 332 g/mol. The van der Waals surface area contributed by atoms with Crippen LogP contribution in [0, 0.1) is 5.92 Å². The number of hydrogen-bond donors (Lipinski definition) is 2. The zero-order chi connectivity index (χ0) is 18.9. The monoisotopic (exact) mass is 358 g/mol. The Labute approximate surface area is 153 Å². The molecule has 0 radical (unpaired) electrons. The smallest absolute Gasteiger partial charge is 0.243 e. The molecule has 1 aromatic carbocycles.